The lowest BCUT2D eigenvalue weighted by Gasteiger charge is -2.10. The van der Waals surface area contributed by atoms with Crippen molar-refractivity contribution in [2.75, 3.05) is 6.54 Å². The molecule has 0 aliphatic heterocycles. The SMILES string of the molecule is CCCCCCC(C)CCCCCN. The van der Waals surface area contributed by atoms with Gasteiger partial charge in [-0.3, -0.25) is 0 Å². The second-order valence-electron chi connectivity index (χ2n) is 4.59. The molecule has 0 radical (unpaired) electrons. The lowest BCUT2D eigenvalue weighted by Crippen LogP contribution is -1.99. The Morgan fingerprint density at radius 1 is 0.857 bits per heavy atom. The van der Waals surface area contributed by atoms with Crippen LogP contribution in [0.1, 0.15) is 71.6 Å². The Morgan fingerprint density at radius 2 is 1.43 bits per heavy atom. The lowest BCUT2D eigenvalue weighted by atomic mass is 9.97. The second-order valence-corrected chi connectivity index (χ2v) is 4.59. The molecule has 0 aromatic rings. The van der Waals surface area contributed by atoms with E-state index in [4.69, 9.17) is 5.73 Å². The van der Waals surface area contributed by atoms with Crippen LogP contribution in [0.5, 0.6) is 0 Å². The third kappa shape index (κ3) is 10.0. The highest BCUT2D eigenvalue weighted by Crippen LogP contribution is 2.16. The molecule has 0 rings (SSSR count). The van der Waals surface area contributed by atoms with Gasteiger partial charge in [-0.05, 0) is 18.9 Å². The molecule has 2 N–H and O–H groups in total. The molecule has 1 atom stereocenters. The van der Waals surface area contributed by atoms with Crippen molar-refractivity contribution < 1.29 is 0 Å². The molecule has 1 heteroatoms. The molecule has 0 fully saturated rings. The maximum atomic E-state index is 5.46. The van der Waals surface area contributed by atoms with Gasteiger partial charge in [0.1, 0.15) is 0 Å². The highest BCUT2D eigenvalue weighted by molar-refractivity contribution is 4.55. The van der Waals surface area contributed by atoms with E-state index >= 15 is 0 Å². The van der Waals surface area contributed by atoms with Crippen LogP contribution in [0.25, 0.3) is 0 Å². The third-order valence-corrected chi connectivity index (χ3v) is 2.95. The van der Waals surface area contributed by atoms with Gasteiger partial charge in [-0.2, -0.15) is 0 Å². The molecule has 86 valence electrons. The average Bonchev–Trinajstić information content (AvgIpc) is 2.19. The quantitative estimate of drug-likeness (QED) is 0.526. The Hall–Kier alpha value is -0.0400. The van der Waals surface area contributed by atoms with Gasteiger partial charge in [-0.1, -0.05) is 65.2 Å². The molecule has 0 aliphatic carbocycles. The summed E-state index contributed by atoms with van der Waals surface area (Å²) in [5.41, 5.74) is 5.46. The molecule has 0 heterocycles. The molecular formula is C13H29N. The van der Waals surface area contributed by atoms with Gasteiger partial charge < -0.3 is 5.73 Å². The lowest BCUT2D eigenvalue weighted by molar-refractivity contribution is 0.438. The maximum absolute atomic E-state index is 5.46. The molecule has 0 bridgehead atoms. The summed E-state index contributed by atoms with van der Waals surface area (Å²) in [5, 5.41) is 0. The first kappa shape index (κ1) is 14.0. The largest absolute Gasteiger partial charge is 0.330 e. The van der Waals surface area contributed by atoms with E-state index in [2.05, 4.69) is 13.8 Å². The van der Waals surface area contributed by atoms with Gasteiger partial charge in [0, 0.05) is 0 Å². The molecule has 1 nitrogen and oxygen atoms in total. The summed E-state index contributed by atoms with van der Waals surface area (Å²) in [5.74, 6) is 0.935. The zero-order valence-corrected chi connectivity index (χ0v) is 10.2. The van der Waals surface area contributed by atoms with E-state index in [0.29, 0.717) is 0 Å². The van der Waals surface area contributed by atoms with Crippen LogP contribution in [0, 0.1) is 5.92 Å². The van der Waals surface area contributed by atoms with E-state index in [0.717, 1.165) is 12.5 Å². The summed E-state index contributed by atoms with van der Waals surface area (Å²) in [6.07, 6.45) is 12.4. The van der Waals surface area contributed by atoms with Crippen LogP contribution in [0.3, 0.4) is 0 Å². The van der Waals surface area contributed by atoms with Gasteiger partial charge in [0.05, 0.1) is 0 Å². The topological polar surface area (TPSA) is 26.0 Å². The molecule has 0 saturated heterocycles. The zero-order valence-electron chi connectivity index (χ0n) is 10.2. The minimum atomic E-state index is 0.866. The van der Waals surface area contributed by atoms with Gasteiger partial charge in [0.25, 0.3) is 0 Å². The van der Waals surface area contributed by atoms with Crippen LogP contribution in [0.4, 0.5) is 0 Å². The van der Waals surface area contributed by atoms with E-state index in [9.17, 15) is 0 Å². The maximum Gasteiger partial charge on any atom is -0.00773 e. The van der Waals surface area contributed by atoms with Crippen LogP contribution < -0.4 is 5.73 Å². The predicted octanol–water partition coefficient (Wildman–Crippen LogP) is 4.11. The molecule has 0 spiro atoms. The number of nitrogens with two attached hydrogens (primary N) is 1. The molecule has 0 aromatic heterocycles. The van der Waals surface area contributed by atoms with Crippen LogP contribution >= 0.6 is 0 Å². The highest BCUT2D eigenvalue weighted by atomic mass is 14.5. The summed E-state index contributed by atoms with van der Waals surface area (Å²) in [6.45, 7) is 5.54. The molecule has 0 saturated carbocycles. The third-order valence-electron chi connectivity index (χ3n) is 2.95. The van der Waals surface area contributed by atoms with Gasteiger partial charge in [-0.15, -0.1) is 0 Å². The molecular weight excluding hydrogens is 170 g/mol. The summed E-state index contributed by atoms with van der Waals surface area (Å²) in [4.78, 5) is 0. The standard InChI is InChI=1S/C13H29N/c1-3-4-5-7-10-13(2)11-8-6-9-12-14/h13H,3-12,14H2,1-2H3. The van der Waals surface area contributed by atoms with Gasteiger partial charge >= 0.3 is 0 Å². The molecule has 0 aromatic carbocycles. The van der Waals surface area contributed by atoms with Crippen molar-refractivity contribution in [3.05, 3.63) is 0 Å². The smallest absolute Gasteiger partial charge is 0.00773 e. The summed E-state index contributed by atoms with van der Waals surface area (Å²) in [6, 6.07) is 0. The minimum absolute atomic E-state index is 0.866. The van der Waals surface area contributed by atoms with Gasteiger partial charge in [-0.25, -0.2) is 0 Å². The molecule has 14 heavy (non-hydrogen) atoms. The number of unbranched alkanes of at least 4 members (excludes halogenated alkanes) is 5. The average molecular weight is 199 g/mol. The van der Waals surface area contributed by atoms with Crippen molar-refractivity contribution in [2.24, 2.45) is 11.7 Å². The molecule has 1 unspecified atom stereocenters. The first-order chi connectivity index (χ1) is 6.81. The van der Waals surface area contributed by atoms with Crippen LogP contribution in [0.2, 0.25) is 0 Å². The Balaban J connectivity index is 3.07. The van der Waals surface area contributed by atoms with Crippen molar-refractivity contribution in [3.63, 3.8) is 0 Å². The van der Waals surface area contributed by atoms with Crippen molar-refractivity contribution in [1.82, 2.24) is 0 Å². The van der Waals surface area contributed by atoms with Crippen molar-refractivity contribution in [2.45, 2.75) is 71.6 Å². The normalized spacial score (nSPS) is 13.1. The number of rotatable bonds is 10. The zero-order chi connectivity index (χ0) is 10.6. The Bertz CT molecular complexity index is 89.4. The van der Waals surface area contributed by atoms with Crippen molar-refractivity contribution in [3.8, 4) is 0 Å². The van der Waals surface area contributed by atoms with Gasteiger partial charge in [0.15, 0.2) is 0 Å². The fourth-order valence-corrected chi connectivity index (χ4v) is 1.88. The van der Waals surface area contributed by atoms with Crippen LogP contribution in [-0.2, 0) is 0 Å². The van der Waals surface area contributed by atoms with Crippen molar-refractivity contribution >= 4 is 0 Å². The van der Waals surface area contributed by atoms with E-state index in [-0.39, 0.29) is 0 Å². The van der Waals surface area contributed by atoms with Crippen molar-refractivity contribution in [1.29, 1.82) is 0 Å². The van der Waals surface area contributed by atoms with Crippen LogP contribution in [0.15, 0.2) is 0 Å². The fraction of sp³-hybridized carbons (Fsp3) is 1.00. The highest BCUT2D eigenvalue weighted by Gasteiger charge is 2.01. The summed E-state index contributed by atoms with van der Waals surface area (Å²) in [7, 11) is 0. The monoisotopic (exact) mass is 199 g/mol. The van der Waals surface area contributed by atoms with E-state index < -0.39 is 0 Å². The fourth-order valence-electron chi connectivity index (χ4n) is 1.88. The second kappa shape index (κ2) is 11.0. The Labute approximate surface area is 90.5 Å². The minimum Gasteiger partial charge on any atom is -0.330 e. The summed E-state index contributed by atoms with van der Waals surface area (Å²) < 4.78 is 0. The van der Waals surface area contributed by atoms with E-state index in [1.165, 1.54) is 57.8 Å². The number of hydrogen-bond donors (Lipinski definition) is 1. The summed E-state index contributed by atoms with van der Waals surface area (Å²) >= 11 is 0. The Morgan fingerprint density at radius 3 is 1.93 bits per heavy atom. The van der Waals surface area contributed by atoms with E-state index in [1.807, 2.05) is 0 Å². The number of hydrogen-bond acceptors (Lipinski definition) is 1. The van der Waals surface area contributed by atoms with Crippen LogP contribution in [-0.4, -0.2) is 6.54 Å². The first-order valence-corrected chi connectivity index (χ1v) is 6.51. The predicted molar refractivity (Wildman–Crippen MR) is 65.4 cm³/mol. The molecule has 0 aliphatic rings. The Kier molecular flexibility index (Phi) is 11.0. The first-order valence-electron chi connectivity index (χ1n) is 6.51. The van der Waals surface area contributed by atoms with Gasteiger partial charge in [0.2, 0.25) is 0 Å². The van der Waals surface area contributed by atoms with E-state index in [1.54, 1.807) is 0 Å². The molecule has 0 amide bonds.